The van der Waals surface area contributed by atoms with Crippen LogP contribution >= 0.6 is 11.3 Å². The molecule has 11 heteroatoms. The van der Waals surface area contributed by atoms with Crippen LogP contribution in [0.2, 0.25) is 36.3 Å². The molecule has 0 spiro atoms. The minimum atomic E-state index is -2.34. The molecule has 5 unspecified atom stereocenters. The minimum Gasteiger partial charge on any atom is -0.469 e. The molecule has 53 heavy (non-hydrogen) atoms. The van der Waals surface area contributed by atoms with Crippen LogP contribution in [0.3, 0.4) is 0 Å². The number of esters is 2. The van der Waals surface area contributed by atoms with Gasteiger partial charge < -0.3 is 18.3 Å². The number of nitrogens with zero attached hydrogens (tertiary/aromatic N) is 1. The molecule has 0 bridgehead atoms. The SMILES string of the molecule is CC[Si](CC)(CC)OC(C(C)CCCC(C)=CCC(OC(C)=O)C(C)=Cc1csc(C)n1)C(C)C(=O)C(C)(C)C(CC(=O)OC)O[Si](C)(C)C(C)(C)C. The molecule has 1 rings (SSSR count). The summed E-state index contributed by atoms with van der Waals surface area (Å²) >= 11 is 1.60. The zero-order chi connectivity index (χ0) is 40.9. The van der Waals surface area contributed by atoms with E-state index in [2.05, 4.69) is 79.5 Å². The maximum absolute atomic E-state index is 14.8. The molecule has 1 aromatic heterocycles. The van der Waals surface area contributed by atoms with Gasteiger partial charge in [0.15, 0.2) is 16.6 Å². The van der Waals surface area contributed by atoms with Gasteiger partial charge in [0.25, 0.3) is 0 Å². The van der Waals surface area contributed by atoms with Crippen LogP contribution in [0.4, 0.5) is 0 Å². The number of thiazole rings is 1. The average molecular weight is 794 g/mol. The highest BCUT2D eigenvalue weighted by molar-refractivity contribution is 7.09. The molecule has 304 valence electrons. The number of aromatic nitrogens is 1. The van der Waals surface area contributed by atoms with Crippen LogP contribution in [-0.2, 0) is 32.7 Å². The van der Waals surface area contributed by atoms with Gasteiger partial charge in [0, 0.05) is 30.1 Å². The fourth-order valence-electron chi connectivity index (χ4n) is 6.68. The van der Waals surface area contributed by atoms with Crippen LogP contribution in [0.25, 0.3) is 6.08 Å². The second-order valence-electron chi connectivity index (χ2n) is 17.3. The van der Waals surface area contributed by atoms with Crippen molar-refractivity contribution in [3.8, 4) is 0 Å². The molecular formula is C42H75NO7SSi2. The Labute approximate surface area is 329 Å². The van der Waals surface area contributed by atoms with E-state index in [9.17, 15) is 14.4 Å². The van der Waals surface area contributed by atoms with E-state index in [1.807, 2.05) is 46.1 Å². The Morgan fingerprint density at radius 3 is 2.02 bits per heavy atom. The molecule has 0 fully saturated rings. The largest absolute Gasteiger partial charge is 0.469 e. The van der Waals surface area contributed by atoms with Gasteiger partial charge in [-0.2, -0.15) is 0 Å². The van der Waals surface area contributed by atoms with Gasteiger partial charge in [-0.05, 0) is 93.9 Å². The molecule has 1 aromatic rings. The summed E-state index contributed by atoms with van der Waals surface area (Å²) in [7, 11) is -3.03. The number of Topliss-reactive ketones (excluding diaryl/α,β-unsaturated/α-hetero) is 1. The molecule has 8 nitrogen and oxygen atoms in total. The molecule has 0 saturated heterocycles. The van der Waals surface area contributed by atoms with E-state index in [0.717, 1.165) is 53.7 Å². The maximum Gasteiger partial charge on any atom is 0.308 e. The van der Waals surface area contributed by atoms with Crippen molar-refractivity contribution in [2.75, 3.05) is 7.11 Å². The van der Waals surface area contributed by atoms with Crippen molar-refractivity contribution < 1.29 is 32.7 Å². The summed E-state index contributed by atoms with van der Waals surface area (Å²) in [5.41, 5.74) is 2.14. The maximum atomic E-state index is 14.8. The van der Waals surface area contributed by atoms with E-state index in [-0.39, 0.29) is 47.3 Å². The van der Waals surface area contributed by atoms with Crippen molar-refractivity contribution in [1.29, 1.82) is 0 Å². The van der Waals surface area contributed by atoms with Gasteiger partial charge in [-0.1, -0.05) is 80.9 Å². The second kappa shape index (κ2) is 21.4. The Bertz CT molecular complexity index is 1380. The standard InChI is InChI=1S/C42H75NO7SSi2/c1-18-53(19-2,20-3)50-39(32(7)40(46)42(13,14)37(27-38(45)47-15)49-52(16,17)41(10,11)12)30(5)23-21-22-29(4)24-25-36(48-34(9)44)31(6)26-35-28-51-33(8)43-35/h24,26,28,30,32,36-37,39H,18-23,25,27H2,1-17H3. The van der Waals surface area contributed by atoms with Gasteiger partial charge in [0.2, 0.25) is 0 Å². The van der Waals surface area contributed by atoms with Crippen LogP contribution in [0, 0.1) is 24.2 Å². The third-order valence-corrected chi connectivity index (χ3v) is 21.7. The zero-order valence-corrected chi connectivity index (χ0v) is 39.3. The second-order valence-corrected chi connectivity index (χ2v) is 27.8. The summed E-state index contributed by atoms with van der Waals surface area (Å²) in [4.78, 5) is 43.9. The van der Waals surface area contributed by atoms with E-state index < -0.39 is 34.1 Å². The molecule has 0 amide bonds. The lowest BCUT2D eigenvalue weighted by Crippen LogP contribution is -2.54. The van der Waals surface area contributed by atoms with Crippen molar-refractivity contribution in [2.45, 2.75) is 184 Å². The van der Waals surface area contributed by atoms with Crippen LogP contribution < -0.4 is 0 Å². The number of methoxy groups -OCH3 is 1. The third-order valence-electron chi connectivity index (χ3n) is 11.8. The highest BCUT2D eigenvalue weighted by Gasteiger charge is 2.49. The summed E-state index contributed by atoms with van der Waals surface area (Å²) in [5.74, 6) is -0.866. The van der Waals surface area contributed by atoms with E-state index in [1.54, 1.807) is 11.3 Å². The summed E-state index contributed by atoms with van der Waals surface area (Å²) in [6, 6.07) is 2.98. The van der Waals surface area contributed by atoms with Crippen LogP contribution in [0.1, 0.15) is 133 Å². The molecule has 0 aliphatic heterocycles. The predicted molar refractivity (Wildman–Crippen MR) is 226 cm³/mol. The first-order chi connectivity index (χ1) is 24.4. The molecule has 0 aliphatic carbocycles. The Kier molecular flexibility index (Phi) is 19.8. The minimum absolute atomic E-state index is 0.0247. The fourth-order valence-corrected chi connectivity index (χ4v) is 11.7. The van der Waals surface area contributed by atoms with E-state index in [4.69, 9.17) is 18.3 Å². The number of hydrogen-bond donors (Lipinski definition) is 0. The van der Waals surface area contributed by atoms with Crippen molar-refractivity contribution in [3.63, 3.8) is 0 Å². The first-order valence-electron chi connectivity index (χ1n) is 19.8. The van der Waals surface area contributed by atoms with Crippen molar-refractivity contribution in [3.05, 3.63) is 33.3 Å². The van der Waals surface area contributed by atoms with Crippen molar-refractivity contribution in [2.24, 2.45) is 17.3 Å². The van der Waals surface area contributed by atoms with Crippen LogP contribution in [-0.4, -0.2) is 64.8 Å². The zero-order valence-electron chi connectivity index (χ0n) is 36.5. The average Bonchev–Trinajstić information content (AvgIpc) is 3.49. The van der Waals surface area contributed by atoms with E-state index >= 15 is 0 Å². The van der Waals surface area contributed by atoms with Crippen LogP contribution in [0.5, 0.6) is 0 Å². The van der Waals surface area contributed by atoms with Gasteiger partial charge in [0.1, 0.15) is 11.9 Å². The lowest BCUT2D eigenvalue weighted by Gasteiger charge is -2.45. The fraction of sp³-hybridized carbons (Fsp3) is 0.762. The number of carbonyl (C=O) groups excluding carboxylic acids is 3. The molecule has 0 saturated carbocycles. The summed E-state index contributed by atoms with van der Waals surface area (Å²) < 4.78 is 24.9. The Morgan fingerprint density at radius 1 is 0.962 bits per heavy atom. The molecule has 0 aromatic carbocycles. The topological polar surface area (TPSA) is 101 Å². The van der Waals surface area contributed by atoms with Crippen molar-refractivity contribution in [1.82, 2.24) is 4.98 Å². The Balaban J connectivity index is 3.31. The first-order valence-corrected chi connectivity index (χ1v) is 26.1. The smallest absolute Gasteiger partial charge is 0.308 e. The number of allylic oxidation sites excluding steroid dienone is 1. The summed E-state index contributed by atoms with van der Waals surface area (Å²) in [5, 5.41) is 2.92. The first kappa shape index (κ1) is 49.1. The summed E-state index contributed by atoms with van der Waals surface area (Å²) in [6.45, 7) is 33.2. The van der Waals surface area contributed by atoms with Gasteiger partial charge >= 0.3 is 11.9 Å². The number of rotatable bonds is 23. The van der Waals surface area contributed by atoms with Gasteiger partial charge in [-0.25, -0.2) is 4.98 Å². The number of ether oxygens (including phenoxy) is 2. The Hall–Kier alpha value is -1.93. The highest BCUT2D eigenvalue weighted by atomic mass is 32.1. The Morgan fingerprint density at radius 2 is 1.55 bits per heavy atom. The quantitative estimate of drug-likeness (QED) is 0.0613. The number of aryl methyl sites for hydroxylation is 1. The van der Waals surface area contributed by atoms with Gasteiger partial charge in [-0.15, -0.1) is 11.3 Å². The van der Waals surface area contributed by atoms with Gasteiger partial charge in [0.05, 0.1) is 36.4 Å². The van der Waals surface area contributed by atoms with Gasteiger partial charge in [-0.3, -0.25) is 14.4 Å². The number of ketones is 1. The molecule has 0 radical (unpaired) electrons. The number of hydrogen-bond acceptors (Lipinski definition) is 9. The molecular weight excluding hydrogens is 719 g/mol. The third kappa shape index (κ3) is 14.9. The van der Waals surface area contributed by atoms with E-state index in [1.165, 1.54) is 19.6 Å². The molecule has 5 atom stereocenters. The molecule has 0 aliphatic rings. The normalized spacial score (nSPS) is 16.5. The monoisotopic (exact) mass is 793 g/mol. The lowest BCUT2D eigenvalue weighted by atomic mass is 9.73. The number of carbonyl (C=O) groups is 3. The molecule has 0 N–H and O–H groups in total. The lowest BCUT2D eigenvalue weighted by molar-refractivity contribution is -0.148. The summed E-state index contributed by atoms with van der Waals surface area (Å²) in [6.07, 6.45) is 6.32. The van der Waals surface area contributed by atoms with E-state index in [0.29, 0.717) is 6.42 Å². The molecule has 1 heterocycles. The highest BCUT2D eigenvalue weighted by Crippen LogP contribution is 2.43. The predicted octanol–water partition coefficient (Wildman–Crippen LogP) is 11.5. The van der Waals surface area contributed by atoms with Crippen LogP contribution in [0.15, 0.2) is 22.6 Å². The van der Waals surface area contributed by atoms with Crippen molar-refractivity contribution >= 4 is 51.8 Å².